The van der Waals surface area contributed by atoms with Gasteiger partial charge in [-0.25, -0.2) is 13.6 Å². The maximum absolute atomic E-state index is 13.4. The third-order valence-electron chi connectivity index (χ3n) is 3.79. The number of aromatic nitrogens is 3. The second-order valence-corrected chi connectivity index (χ2v) is 5.62. The molecule has 3 N–H and O–H groups in total. The number of anilines is 1. The van der Waals surface area contributed by atoms with Crippen molar-refractivity contribution in [3.63, 3.8) is 0 Å². The van der Waals surface area contributed by atoms with Crippen molar-refractivity contribution < 1.29 is 28.5 Å². The molecule has 3 aromatic rings. The van der Waals surface area contributed by atoms with Crippen LogP contribution >= 0.6 is 0 Å². The number of aromatic carboxylic acids is 1. The van der Waals surface area contributed by atoms with E-state index in [2.05, 4.69) is 20.5 Å². The molecule has 0 spiro atoms. The number of ether oxygens (including phenoxy) is 1. The summed E-state index contributed by atoms with van der Waals surface area (Å²) in [6, 6.07) is 5.88. The Balaban J connectivity index is 1.83. The smallest absolute Gasteiger partial charge is 0.337 e. The van der Waals surface area contributed by atoms with Crippen molar-refractivity contribution in [1.29, 1.82) is 0 Å². The van der Waals surface area contributed by atoms with Crippen molar-refractivity contribution in [2.24, 2.45) is 0 Å². The van der Waals surface area contributed by atoms with Crippen molar-refractivity contribution >= 4 is 11.7 Å². The second kappa shape index (κ2) is 7.92. The van der Waals surface area contributed by atoms with Crippen LogP contribution in [0.3, 0.4) is 0 Å². The summed E-state index contributed by atoms with van der Waals surface area (Å²) in [5.74, 6) is -3.52. The number of pyridine rings is 1. The predicted octanol–water partition coefficient (Wildman–Crippen LogP) is 2.63. The molecule has 0 saturated carbocycles. The Morgan fingerprint density at radius 2 is 1.89 bits per heavy atom. The maximum Gasteiger partial charge on any atom is 0.337 e. The summed E-state index contributed by atoms with van der Waals surface area (Å²) in [5.41, 5.74) is 0.295. The van der Waals surface area contributed by atoms with Gasteiger partial charge < -0.3 is 20.3 Å². The Hall–Kier alpha value is -3.66. The predicted molar refractivity (Wildman–Crippen MR) is 93.7 cm³/mol. The highest BCUT2D eigenvalue weighted by Gasteiger charge is 2.19. The fraction of sp³-hybridized carbons (Fsp3) is 0.111. The molecule has 0 aliphatic rings. The minimum absolute atomic E-state index is 0.0423. The topological polar surface area (TPSA) is 117 Å². The number of nitrogens with zero attached hydrogens (tertiary/aromatic N) is 3. The summed E-state index contributed by atoms with van der Waals surface area (Å²) in [6.45, 7) is 0. The Bertz CT molecular complexity index is 1010. The SMILES string of the molecule is COc1cncc(-c2ccc(C(O)Nc3cc(F)c(F)cc3C(=O)O)nn2)c1. The zero-order chi connectivity index (χ0) is 20.3. The molecule has 0 bridgehead atoms. The summed E-state index contributed by atoms with van der Waals surface area (Å²) in [4.78, 5) is 15.2. The molecule has 0 saturated heterocycles. The van der Waals surface area contributed by atoms with E-state index in [1.807, 2.05) is 0 Å². The number of aliphatic hydroxyl groups is 1. The van der Waals surface area contributed by atoms with Crippen LogP contribution in [-0.4, -0.2) is 38.5 Å². The molecular weight excluding hydrogens is 374 g/mol. The molecule has 1 atom stereocenters. The van der Waals surface area contributed by atoms with Crippen LogP contribution < -0.4 is 10.1 Å². The van der Waals surface area contributed by atoms with Crippen molar-refractivity contribution in [2.45, 2.75) is 6.23 Å². The number of rotatable bonds is 6. The van der Waals surface area contributed by atoms with Crippen LogP contribution in [0.2, 0.25) is 0 Å². The average Bonchev–Trinajstić information content (AvgIpc) is 2.70. The first-order valence-corrected chi connectivity index (χ1v) is 7.89. The highest BCUT2D eigenvalue weighted by atomic mass is 19.2. The Morgan fingerprint density at radius 3 is 2.54 bits per heavy atom. The molecule has 10 heteroatoms. The molecule has 8 nitrogen and oxygen atoms in total. The third-order valence-corrected chi connectivity index (χ3v) is 3.79. The van der Waals surface area contributed by atoms with Gasteiger partial charge in [-0.3, -0.25) is 4.98 Å². The first-order valence-electron chi connectivity index (χ1n) is 7.89. The summed E-state index contributed by atoms with van der Waals surface area (Å²) in [5, 5.41) is 29.6. The number of methoxy groups -OCH3 is 1. The number of hydrogen-bond donors (Lipinski definition) is 3. The van der Waals surface area contributed by atoms with Gasteiger partial charge in [-0.05, 0) is 24.3 Å². The van der Waals surface area contributed by atoms with Crippen molar-refractivity contribution in [2.75, 3.05) is 12.4 Å². The second-order valence-electron chi connectivity index (χ2n) is 5.62. The summed E-state index contributed by atoms with van der Waals surface area (Å²) in [7, 11) is 1.50. The van der Waals surface area contributed by atoms with Crippen LogP contribution in [0, 0.1) is 11.6 Å². The Labute approximate surface area is 157 Å². The van der Waals surface area contributed by atoms with Crippen molar-refractivity contribution in [1.82, 2.24) is 15.2 Å². The highest BCUT2D eigenvalue weighted by molar-refractivity contribution is 5.94. The van der Waals surface area contributed by atoms with Gasteiger partial charge in [-0.15, -0.1) is 0 Å². The molecule has 1 aromatic carbocycles. The van der Waals surface area contributed by atoms with E-state index in [0.29, 0.717) is 29.1 Å². The van der Waals surface area contributed by atoms with Crippen LogP contribution in [0.1, 0.15) is 22.3 Å². The number of nitrogens with one attached hydrogen (secondary N) is 1. The fourth-order valence-corrected chi connectivity index (χ4v) is 2.38. The molecule has 0 aliphatic heterocycles. The molecule has 2 aromatic heterocycles. The van der Waals surface area contributed by atoms with E-state index in [9.17, 15) is 18.7 Å². The monoisotopic (exact) mass is 388 g/mol. The number of carboxylic acid groups (broad SMARTS) is 1. The first-order chi connectivity index (χ1) is 13.4. The number of hydrogen-bond acceptors (Lipinski definition) is 7. The molecule has 144 valence electrons. The van der Waals surface area contributed by atoms with E-state index in [1.54, 1.807) is 18.3 Å². The zero-order valence-electron chi connectivity index (χ0n) is 14.4. The molecule has 2 heterocycles. The molecule has 0 amide bonds. The van der Waals surface area contributed by atoms with E-state index >= 15 is 0 Å². The number of carboxylic acids is 1. The van der Waals surface area contributed by atoms with Crippen LogP contribution in [0.5, 0.6) is 5.75 Å². The minimum atomic E-state index is -1.51. The zero-order valence-corrected chi connectivity index (χ0v) is 14.4. The summed E-state index contributed by atoms with van der Waals surface area (Å²) < 4.78 is 31.8. The molecule has 0 fully saturated rings. The lowest BCUT2D eigenvalue weighted by Gasteiger charge is -2.15. The fourth-order valence-electron chi connectivity index (χ4n) is 2.38. The van der Waals surface area contributed by atoms with Gasteiger partial charge in [0.1, 0.15) is 11.4 Å². The van der Waals surface area contributed by atoms with Gasteiger partial charge in [0.15, 0.2) is 17.9 Å². The summed E-state index contributed by atoms with van der Waals surface area (Å²) in [6.07, 6.45) is 1.58. The van der Waals surface area contributed by atoms with Gasteiger partial charge in [-0.1, -0.05) is 0 Å². The third kappa shape index (κ3) is 4.01. The van der Waals surface area contributed by atoms with Crippen LogP contribution in [-0.2, 0) is 0 Å². The number of carbonyl (C=O) groups is 1. The Kier molecular flexibility index (Phi) is 5.41. The maximum atomic E-state index is 13.4. The number of aliphatic hydroxyl groups excluding tert-OH is 1. The van der Waals surface area contributed by atoms with Gasteiger partial charge in [0.25, 0.3) is 0 Å². The normalized spacial score (nSPS) is 11.7. The van der Waals surface area contributed by atoms with E-state index in [0.717, 1.165) is 0 Å². The van der Waals surface area contributed by atoms with Crippen molar-refractivity contribution in [3.8, 4) is 17.0 Å². The highest BCUT2D eigenvalue weighted by Crippen LogP contribution is 2.25. The molecule has 0 aliphatic carbocycles. The average molecular weight is 388 g/mol. The van der Waals surface area contributed by atoms with Crippen LogP contribution in [0.25, 0.3) is 11.3 Å². The van der Waals surface area contributed by atoms with Gasteiger partial charge in [0, 0.05) is 17.8 Å². The quantitative estimate of drug-likeness (QED) is 0.552. The first kappa shape index (κ1) is 19.1. The van der Waals surface area contributed by atoms with Crippen LogP contribution in [0.4, 0.5) is 14.5 Å². The standard InChI is InChI=1S/C18H14F2N4O4/c1-28-10-4-9(7-21-8-10)14-2-3-15(24-23-14)17(25)22-16-6-13(20)12(19)5-11(16)18(26)27/h2-8,17,22,25H,1H3,(H,26,27). The van der Waals surface area contributed by atoms with Gasteiger partial charge >= 0.3 is 5.97 Å². The lowest BCUT2D eigenvalue weighted by Crippen LogP contribution is -2.15. The minimum Gasteiger partial charge on any atom is -0.495 e. The van der Waals surface area contributed by atoms with E-state index in [4.69, 9.17) is 9.84 Å². The molecule has 0 radical (unpaired) electrons. The van der Waals surface area contributed by atoms with E-state index < -0.39 is 29.4 Å². The number of halogens is 2. The lowest BCUT2D eigenvalue weighted by molar-refractivity contribution is 0.0697. The van der Waals surface area contributed by atoms with Gasteiger partial charge in [0.2, 0.25) is 0 Å². The Morgan fingerprint density at radius 1 is 1.14 bits per heavy atom. The van der Waals surface area contributed by atoms with E-state index in [1.165, 1.54) is 19.4 Å². The van der Waals surface area contributed by atoms with Crippen LogP contribution in [0.15, 0.2) is 42.7 Å². The summed E-state index contributed by atoms with van der Waals surface area (Å²) >= 11 is 0. The molecular formula is C18H14F2N4O4. The molecule has 1 unspecified atom stereocenters. The largest absolute Gasteiger partial charge is 0.495 e. The number of benzene rings is 1. The van der Waals surface area contributed by atoms with Crippen molar-refractivity contribution in [3.05, 3.63) is 65.6 Å². The van der Waals surface area contributed by atoms with Gasteiger partial charge in [0.05, 0.1) is 30.3 Å². The lowest BCUT2D eigenvalue weighted by atomic mass is 10.1. The molecule has 28 heavy (non-hydrogen) atoms. The van der Waals surface area contributed by atoms with Gasteiger partial charge in [-0.2, -0.15) is 10.2 Å². The molecule has 3 rings (SSSR count). The van der Waals surface area contributed by atoms with E-state index in [-0.39, 0.29) is 11.4 Å².